The van der Waals surface area contributed by atoms with Crippen LogP contribution in [0.5, 0.6) is 0 Å². The van der Waals surface area contributed by atoms with E-state index < -0.39 is 0 Å². The van der Waals surface area contributed by atoms with E-state index in [1.165, 1.54) is 22.5 Å². The molecule has 3 heterocycles. The van der Waals surface area contributed by atoms with Crippen molar-refractivity contribution in [2.75, 3.05) is 11.4 Å². The molecule has 0 unspecified atom stereocenters. The molecule has 0 atom stereocenters. The van der Waals surface area contributed by atoms with Gasteiger partial charge in [-0.05, 0) is 25.1 Å². The van der Waals surface area contributed by atoms with Crippen LogP contribution in [0.25, 0.3) is 10.9 Å². The number of halogens is 1. The Bertz CT molecular complexity index is 786. The van der Waals surface area contributed by atoms with Gasteiger partial charge in [-0.25, -0.2) is 4.98 Å². The van der Waals surface area contributed by atoms with Crippen LogP contribution in [-0.4, -0.2) is 21.5 Å². The number of aryl methyl sites for hydroxylation is 1. The van der Waals surface area contributed by atoms with Crippen molar-refractivity contribution in [2.24, 2.45) is 0 Å². The van der Waals surface area contributed by atoms with Gasteiger partial charge in [0.1, 0.15) is 5.82 Å². The van der Waals surface area contributed by atoms with Gasteiger partial charge in [0.15, 0.2) is 0 Å². The third kappa shape index (κ3) is 1.79. The van der Waals surface area contributed by atoms with Gasteiger partial charge in [0.25, 0.3) is 0 Å². The maximum Gasteiger partial charge on any atom is 0.103 e. The van der Waals surface area contributed by atoms with E-state index in [0.29, 0.717) is 0 Å². The molecule has 5 heteroatoms. The fraction of sp³-hybridized carbons (Fsp3) is 0.267. The molecule has 20 heavy (non-hydrogen) atoms. The number of benzene rings is 1. The summed E-state index contributed by atoms with van der Waals surface area (Å²) in [5.41, 5.74) is 4.69. The number of H-pyrrole nitrogens is 2. The number of anilines is 1. The number of aromatic amines is 2. The smallest absolute Gasteiger partial charge is 0.103 e. The van der Waals surface area contributed by atoms with E-state index in [0.717, 1.165) is 35.9 Å². The first kappa shape index (κ1) is 11.9. The molecular weight excluding hydrogens is 272 g/mol. The second-order valence-electron chi connectivity index (χ2n) is 5.28. The maximum atomic E-state index is 6.24. The number of nitrogens with zero attached hydrogens (tertiary/aromatic N) is 2. The molecule has 0 aliphatic carbocycles. The van der Waals surface area contributed by atoms with Gasteiger partial charge in [0, 0.05) is 40.8 Å². The van der Waals surface area contributed by atoms with Gasteiger partial charge < -0.3 is 14.9 Å². The molecule has 1 aliphatic heterocycles. The van der Waals surface area contributed by atoms with Crippen molar-refractivity contribution in [2.45, 2.75) is 19.9 Å². The lowest BCUT2D eigenvalue weighted by Crippen LogP contribution is -2.30. The van der Waals surface area contributed by atoms with Crippen LogP contribution in [0.2, 0.25) is 5.02 Å². The van der Waals surface area contributed by atoms with Crippen molar-refractivity contribution in [1.82, 2.24) is 15.0 Å². The number of hydrogen-bond acceptors (Lipinski definition) is 2. The molecule has 0 saturated carbocycles. The number of rotatable bonds is 1. The predicted molar refractivity (Wildman–Crippen MR) is 81.4 cm³/mol. The second-order valence-corrected chi connectivity index (χ2v) is 5.72. The lowest BCUT2D eigenvalue weighted by molar-refractivity contribution is 0.713. The van der Waals surface area contributed by atoms with E-state index in [1.807, 2.05) is 25.3 Å². The van der Waals surface area contributed by atoms with Crippen LogP contribution in [0.4, 0.5) is 5.69 Å². The third-order valence-electron chi connectivity index (χ3n) is 3.90. The highest BCUT2D eigenvalue weighted by Crippen LogP contribution is 2.33. The predicted octanol–water partition coefficient (Wildman–Crippen LogP) is 3.42. The fourth-order valence-corrected chi connectivity index (χ4v) is 3.23. The summed E-state index contributed by atoms with van der Waals surface area (Å²) in [6.07, 6.45) is 2.93. The zero-order valence-corrected chi connectivity index (χ0v) is 12.0. The van der Waals surface area contributed by atoms with Gasteiger partial charge in [-0.15, -0.1) is 0 Å². The first-order chi connectivity index (χ1) is 9.70. The molecule has 0 fully saturated rings. The number of hydrogen-bond donors (Lipinski definition) is 2. The summed E-state index contributed by atoms with van der Waals surface area (Å²) in [6, 6.07) is 6.12. The molecule has 0 radical (unpaired) electrons. The third-order valence-corrected chi connectivity index (χ3v) is 4.12. The average molecular weight is 287 g/mol. The van der Waals surface area contributed by atoms with Crippen LogP contribution in [-0.2, 0) is 13.0 Å². The summed E-state index contributed by atoms with van der Waals surface area (Å²) >= 11 is 6.24. The Kier molecular flexibility index (Phi) is 2.54. The van der Waals surface area contributed by atoms with Crippen LogP contribution in [0.3, 0.4) is 0 Å². The quantitative estimate of drug-likeness (QED) is 0.720. The molecular formula is C15H15ClN4. The zero-order valence-electron chi connectivity index (χ0n) is 11.2. The number of imidazole rings is 1. The molecule has 0 spiro atoms. The van der Waals surface area contributed by atoms with Crippen molar-refractivity contribution < 1.29 is 0 Å². The van der Waals surface area contributed by atoms with Crippen LogP contribution < -0.4 is 4.90 Å². The zero-order chi connectivity index (χ0) is 13.7. The molecule has 0 saturated heterocycles. The summed E-state index contributed by atoms with van der Waals surface area (Å²) in [4.78, 5) is 13.5. The Morgan fingerprint density at radius 2 is 2.25 bits per heavy atom. The van der Waals surface area contributed by atoms with E-state index in [4.69, 9.17) is 11.6 Å². The van der Waals surface area contributed by atoms with Crippen LogP contribution in [0, 0.1) is 6.92 Å². The summed E-state index contributed by atoms with van der Waals surface area (Å²) < 4.78 is 0. The van der Waals surface area contributed by atoms with E-state index in [2.05, 4.69) is 25.9 Å². The number of nitrogens with one attached hydrogen (secondary N) is 2. The second kappa shape index (κ2) is 4.28. The minimum atomic E-state index is 0.765. The van der Waals surface area contributed by atoms with Crippen molar-refractivity contribution in [3.63, 3.8) is 0 Å². The first-order valence-corrected chi connectivity index (χ1v) is 7.14. The molecule has 0 amide bonds. The molecule has 4 nitrogen and oxygen atoms in total. The van der Waals surface area contributed by atoms with Crippen molar-refractivity contribution in [1.29, 1.82) is 0 Å². The van der Waals surface area contributed by atoms with Crippen LogP contribution in [0.1, 0.15) is 17.2 Å². The van der Waals surface area contributed by atoms with E-state index in [9.17, 15) is 0 Å². The Balaban J connectivity index is 1.79. The van der Waals surface area contributed by atoms with E-state index >= 15 is 0 Å². The van der Waals surface area contributed by atoms with Crippen LogP contribution >= 0.6 is 11.6 Å². The Morgan fingerprint density at radius 3 is 3.15 bits per heavy atom. The summed E-state index contributed by atoms with van der Waals surface area (Å²) in [7, 11) is 0. The lowest BCUT2D eigenvalue weighted by Gasteiger charge is -2.29. The van der Waals surface area contributed by atoms with Gasteiger partial charge in [-0.1, -0.05) is 11.6 Å². The lowest BCUT2D eigenvalue weighted by atomic mass is 10.1. The normalized spacial score (nSPS) is 14.8. The topological polar surface area (TPSA) is 47.7 Å². The molecule has 1 aliphatic rings. The highest BCUT2D eigenvalue weighted by atomic mass is 35.5. The Morgan fingerprint density at radius 1 is 1.35 bits per heavy atom. The SMILES string of the molecule is Cc1nc2c([nH]1)CN(c1cc(Cl)cc3[nH]ccc13)CC2. The highest BCUT2D eigenvalue weighted by Gasteiger charge is 2.21. The summed E-state index contributed by atoms with van der Waals surface area (Å²) in [6.45, 7) is 3.83. The number of aromatic nitrogens is 3. The Labute approximate surface area is 121 Å². The van der Waals surface area contributed by atoms with Crippen molar-refractivity contribution >= 4 is 28.2 Å². The van der Waals surface area contributed by atoms with Crippen molar-refractivity contribution in [3.8, 4) is 0 Å². The first-order valence-electron chi connectivity index (χ1n) is 6.76. The van der Waals surface area contributed by atoms with Crippen molar-refractivity contribution in [3.05, 3.63) is 46.6 Å². The minimum absolute atomic E-state index is 0.765. The van der Waals surface area contributed by atoms with E-state index in [1.54, 1.807) is 0 Å². The van der Waals surface area contributed by atoms with Gasteiger partial charge in [0.2, 0.25) is 0 Å². The molecule has 2 aromatic heterocycles. The maximum absolute atomic E-state index is 6.24. The molecule has 1 aromatic carbocycles. The fourth-order valence-electron chi connectivity index (χ4n) is 3.02. The molecule has 3 aromatic rings. The molecule has 0 bridgehead atoms. The molecule has 4 rings (SSSR count). The average Bonchev–Trinajstić information content (AvgIpc) is 3.01. The largest absolute Gasteiger partial charge is 0.365 e. The minimum Gasteiger partial charge on any atom is -0.365 e. The van der Waals surface area contributed by atoms with Gasteiger partial charge in [0.05, 0.1) is 17.9 Å². The standard InChI is InChI=1S/C15H15ClN4/c1-9-18-12-3-5-20(8-14(12)19-9)15-7-10(16)6-13-11(15)2-4-17-13/h2,4,6-7,17H,3,5,8H2,1H3,(H,18,19). The number of fused-ring (bicyclic) bond motifs is 2. The highest BCUT2D eigenvalue weighted by molar-refractivity contribution is 6.31. The summed E-state index contributed by atoms with van der Waals surface area (Å²) in [5, 5.41) is 1.98. The summed E-state index contributed by atoms with van der Waals surface area (Å²) in [5.74, 6) is 0.995. The molecule has 2 N–H and O–H groups in total. The van der Waals surface area contributed by atoms with Crippen LogP contribution in [0.15, 0.2) is 24.4 Å². The van der Waals surface area contributed by atoms with Gasteiger partial charge in [-0.2, -0.15) is 0 Å². The van der Waals surface area contributed by atoms with Gasteiger partial charge in [-0.3, -0.25) is 0 Å². The molecule has 102 valence electrons. The Hall–Kier alpha value is -1.94. The van der Waals surface area contributed by atoms with Gasteiger partial charge >= 0.3 is 0 Å². The monoisotopic (exact) mass is 286 g/mol. The van der Waals surface area contributed by atoms with E-state index in [-0.39, 0.29) is 0 Å².